The number of nitriles is 1. The van der Waals surface area contributed by atoms with Gasteiger partial charge in [-0.15, -0.1) is 0 Å². The number of nitrogens with zero attached hydrogens (tertiary/aromatic N) is 1. The second-order valence-corrected chi connectivity index (χ2v) is 4.09. The van der Waals surface area contributed by atoms with Crippen LogP contribution in [-0.2, 0) is 6.54 Å². The maximum absolute atomic E-state index is 13.4. The zero-order chi connectivity index (χ0) is 14.5. The van der Waals surface area contributed by atoms with Crippen molar-refractivity contribution in [2.45, 2.75) is 6.54 Å². The van der Waals surface area contributed by atoms with Gasteiger partial charge in [0.2, 0.25) is 0 Å². The van der Waals surface area contributed by atoms with E-state index in [0.29, 0.717) is 5.56 Å². The van der Waals surface area contributed by atoms with E-state index < -0.39 is 23.1 Å². The molecule has 20 heavy (non-hydrogen) atoms. The number of benzene rings is 2. The topological polar surface area (TPSA) is 52.9 Å². The van der Waals surface area contributed by atoms with Gasteiger partial charge in [0.1, 0.15) is 17.2 Å². The Kier molecular flexibility index (Phi) is 4.06. The molecular formula is C15H10F2N2O. The Balaban J connectivity index is 2.07. The molecule has 2 rings (SSSR count). The minimum atomic E-state index is -0.901. The fraction of sp³-hybridized carbons (Fsp3) is 0.0667. The van der Waals surface area contributed by atoms with Crippen molar-refractivity contribution in [3.63, 3.8) is 0 Å². The molecule has 0 spiro atoms. The van der Waals surface area contributed by atoms with E-state index in [1.54, 1.807) is 24.3 Å². The molecule has 0 saturated heterocycles. The van der Waals surface area contributed by atoms with E-state index in [4.69, 9.17) is 5.26 Å². The zero-order valence-corrected chi connectivity index (χ0v) is 10.4. The first-order chi connectivity index (χ1) is 9.61. The van der Waals surface area contributed by atoms with Crippen molar-refractivity contribution in [2.75, 3.05) is 0 Å². The Morgan fingerprint density at radius 1 is 1.10 bits per heavy atom. The lowest BCUT2D eigenvalue weighted by Gasteiger charge is -2.07. The molecule has 0 bridgehead atoms. The Labute approximate surface area is 114 Å². The van der Waals surface area contributed by atoms with Crippen LogP contribution in [0.15, 0.2) is 42.5 Å². The molecule has 2 aromatic rings. The van der Waals surface area contributed by atoms with Crippen LogP contribution in [0.3, 0.4) is 0 Å². The molecule has 1 N–H and O–H groups in total. The highest BCUT2D eigenvalue weighted by Crippen LogP contribution is 2.12. The second-order valence-electron chi connectivity index (χ2n) is 4.09. The van der Waals surface area contributed by atoms with Crippen molar-refractivity contribution >= 4 is 5.91 Å². The minimum absolute atomic E-state index is 0.123. The molecule has 0 fully saturated rings. The first kappa shape index (κ1) is 13.7. The van der Waals surface area contributed by atoms with Crippen LogP contribution in [0.5, 0.6) is 0 Å². The Morgan fingerprint density at radius 3 is 2.25 bits per heavy atom. The quantitative estimate of drug-likeness (QED) is 0.934. The van der Waals surface area contributed by atoms with Gasteiger partial charge in [-0.2, -0.15) is 5.26 Å². The molecule has 0 aromatic heterocycles. The normalized spacial score (nSPS) is 9.85. The molecule has 0 radical (unpaired) electrons. The molecule has 100 valence electrons. The zero-order valence-electron chi connectivity index (χ0n) is 10.4. The molecule has 0 unspecified atom stereocenters. The summed E-state index contributed by atoms with van der Waals surface area (Å²) in [5.74, 6) is -2.62. The summed E-state index contributed by atoms with van der Waals surface area (Å²) < 4.78 is 26.8. The van der Waals surface area contributed by atoms with E-state index in [0.717, 1.165) is 17.7 Å². The van der Waals surface area contributed by atoms with Crippen LogP contribution < -0.4 is 5.32 Å². The second kappa shape index (κ2) is 5.93. The molecule has 1 amide bonds. The summed E-state index contributed by atoms with van der Waals surface area (Å²) in [6.45, 7) is 0.123. The van der Waals surface area contributed by atoms with Gasteiger partial charge in [0.15, 0.2) is 0 Å². The Hall–Kier alpha value is -2.74. The summed E-state index contributed by atoms with van der Waals surface area (Å²) in [5, 5.41) is 11.1. The van der Waals surface area contributed by atoms with Gasteiger partial charge in [0, 0.05) is 6.54 Å². The molecular weight excluding hydrogens is 262 g/mol. The monoisotopic (exact) mass is 272 g/mol. The van der Waals surface area contributed by atoms with Crippen LogP contribution in [-0.4, -0.2) is 5.91 Å². The summed E-state index contributed by atoms with van der Waals surface area (Å²) >= 11 is 0. The van der Waals surface area contributed by atoms with Gasteiger partial charge in [-0.05, 0) is 29.8 Å². The van der Waals surface area contributed by atoms with Crippen molar-refractivity contribution in [3.05, 3.63) is 70.8 Å². The summed E-state index contributed by atoms with van der Waals surface area (Å²) in [5.41, 5.74) is 0.635. The summed E-state index contributed by atoms with van der Waals surface area (Å²) in [6, 6.07) is 11.8. The standard InChI is InChI=1S/C15H10F2N2O/c16-12-2-1-3-13(17)14(12)15(20)19-9-11-6-4-10(8-18)5-7-11/h1-7H,9H2,(H,19,20). The number of carbonyl (C=O) groups excluding carboxylic acids is 1. The fourth-order valence-electron chi connectivity index (χ4n) is 1.68. The molecule has 5 heteroatoms. The van der Waals surface area contributed by atoms with Crippen molar-refractivity contribution in [1.29, 1.82) is 5.26 Å². The van der Waals surface area contributed by atoms with Gasteiger partial charge in [-0.1, -0.05) is 18.2 Å². The fourth-order valence-corrected chi connectivity index (χ4v) is 1.68. The largest absolute Gasteiger partial charge is 0.348 e. The number of rotatable bonds is 3. The van der Waals surface area contributed by atoms with E-state index in [1.165, 1.54) is 6.07 Å². The van der Waals surface area contributed by atoms with Crippen LogP contribution in [0.2, 0.25) is 0 Å². The first-order valence-electron chi connectivity index (χ1n) is 5.83. The van der Waals surface area contributed by atoms with E-state index in [-0.39, 0.29) is 6.54 Å². The predicted octanol–water partition coefficient (Wildman–Crippen LogP) is 2.77. The lowest BCUT2D eigenvalue weighted by molar-refractivity contribution is 0.0942. The Bertz CT molecular complexity index is 655. The lowest BCUT2D eigenvalue weighted by atomic mass is 10.1. The van der Waals surface area contributed by atoms with Crippen molar-refractivity contribution < 1.29 is 13.6 Å². The van der Waals surface area contributed by atoms with Gasteiger partial charge < -0.3 is 5.32 Å². The van der Waals surface area contributed by atoms with Crippen LogP contribution in [0.4, 0.5) is 8.78 Å². The van der Waals surface area contributed by atoms with E-state index in [1.807, 2.05) is 6.07 Å². The van der Waals surface area contributed by atoms with E-state index >= 15 is 0 Å². The molecule has 0 aliphatic heterocycles. The van der Waals surface area contributed by atoms with Gasteiger partial charge >= 0.3 is 0 Å². The summed E-state index contributed by atoms with van der Waals surface area (Å²) in [7, 11) is 0. The first-order valence-corrected chi connectivity index (χ1v) is 5.83. The number of amides is 1. The molecule has 0 heterocycles. The molecule has 0 atom stereocenters. The average Bonchev–Trinajstić information content (AvgIpc) is 2.45. The lowest BCUT2D eigenvalue weighted by Crippen LogP contribution is -2.25. The summed E-state index contributed by atoms with van der Waals surface area (Å²) in [6.07, 6.45) is 0. The van der Waals surface area contributed by atoms with Crippen LogP contribution in [0.1, 0.15) is 21.5 Å². The number of hydrogen-bond acceptors (Lipinski definition) is 2. The smallest absolute Gasteiger partial charge is 0.257 e. The third-order valence-electron chi connectivity index (χ3n) is 2.73. The van der Waals surface area contributed by atoms with Crippen molar-refractivity contribution in [2.24, 2.45) is 0 Å². The van der Waals surface area contributed by atoms with Crippen LogP contribution in [0.25, 0.3) is 0 Å². The van der Waals surface area contributed by atoms with E-state index in [9.17, 15) is 13.6 Å². The predicted molar refractivity (Wildman–Crippen MR) is 68.7 cm³/mol. The molecule has 2 aromatic carbocycles. The van der Waals surface area contributed by atoms with Crippen molar-refractivity contribution in [3.8, 4) is 6.07 Å². The maximum atomic E-state index is 13.4. The highest BCUT2D eigenvalue weighted by molar-refractivity contribution is 5.94. The van der Waals surface area contributed by atoms with Gasteiger partial charge in [-0.25, -0.2) is 8.78 Å². The third kappa shape index (κ3) is 2.98. The summed E-state index contributed by atoms with van der Waals surface area (Å²) in [4.78, 5) is 11.7. The highest BCUT2D eigenvalue weighted by Gasteiger charge is 2.16. The Morgan fingerprint density at radius 2 is 1.70 bits per heavy atom. The number of halogens is 2. The number of carbonyl (C=O) groups is 1. The third-order valence-corrected chi connectivity index (χ3v) is 2.73. The molecule has 0 aliphatic rings. The maximum Gasteiger partial charge on any atom is 0.257 e. The van der Waals surface area contributed by atoms with Gasteiger partial charge in [-0.3, -0.25) is 4.79 Å². The van der Waals surface area contributed by atoms with Crippen LogP contribution in [0, 0.1) is 23.0 Å². The minimum Gasteiger partial charge on any atom is -0.348 e. The van der Waals surface area contributed by atoms with Gasteiger partial charge in [0.25, 0.3) is 5.91 Å². The molecule has 3 nitrogen and oxygen atoms in total. The average molecular weight is 272 g/mol. The van der Waals surface area contributed by atoms with Gasteiger partial charge in [0.05, 0.1) is 11.6 Å². The number of hydrogen-bond donors (Lipinski definition) is 1. The van der Waals surface area contributed by atoms with Crippen molar-refractivity contribution in [1.82, 2.24) is 5.32 Å². The van der Waals surface area contributed by atoms with E-state index in [2.05, 4.69) is 5.32 Å². The molecule has 0 saturated carbocycles. The highest BCUT2D eigenvalue weighted by atomic mass is 19.1. The molecule has 0 aliphatic carbocycles. The number of nitrogens with one attached hydrogen (secondary N) is 1. The SMILES string of the molecule is N#Cc1ccc(CNC(=O)c2c(F)cccc2F)cc1. The van der Waals surface area contributed by atoms with Crippen LogP contribution >= 0.6 is 0 Å².